The number of amides is 1. The van der Waals surface area contributed by atoms with Crippen molar-refractivity contribution in [3.8, 4) is 0 Å². The van der Waals surface area contributed by atoms with Crippen LogP contribution < -0.4 is 5.32 Å². The molecule has 2 nitrogen and oxygen atoms in total. The molecular weight excluding hydrogens is 288 g/mol. The topological polar surface area (TPSA) is 29.1 Å². The van der Waals surface area contributed by atoms with Gasteiger partial charge in [-0.1, -0.05) is 37.0 Å². The predicted octanol–water partition coefficient (Wildman–Crippen LogP) is 4.75. The standard InChI is InChI=1S/C14H18Cl2FNO/c1-4-9(5-2)14(19)18-8(3)10-6-13(17)12(16)7-11(10)15/h6-9H,4-5H2,1-3H3,(H,18,19). The number of hydrogen-bond acceptors (Lipinski definition) is 1. The van der Waals surface area contributed by atoms with Crippen LogP contribution in [-0.2, 0) is 4.79 Å². The average Bonchev–Trinajstić information content (AvgIpc) is 2.35. The minimum atomic E-state index is -0.537. The van der Waals surface area contributed by atoms with Gasteiger partial charge in [-0.2, -0.15) is 0 Å². The minimum absolute atomic E-state index is 0.0210. The van der Waals surface area contributed by atoms with Crippen molar-refractivity contribution in [1.82, 2.24) is 5.32 Å². The molecule has 1 aromatic carbocycles. The molecule has 5 heteroatoms. The maximum absolute atomic E-state index is 13.4. The van der Waals surface area contributed by atoms with Crippen molar-refractivity contribution in [3.05, 3.63) is 33.6 Å². The summed E-state index contributed by atoms with van der Waals surface area (Å²) in [6.07, 6.45) is 1.55. The van der Waals surface area contributed by atoms with Crippen molar-refractivity contribution < 1.29 is 9.18 Å². The summed E-state index contributed by atoms with van der Waals surface area (Å²) < 4.78 is 13.4. The second kappa shape index (κ2) is 7.11. The van der Waals surface area contributed by atoms with Gasteiger partial charge < -0.3 is 5.32 Å². The van der Waals surface area contributed by atoms with E-state index in [4.69, 9.17) is 23.2 Å². The van der Waals surface area contributed by atoms with E-state index in [2.05, 4.69) is 5.32 Å². The number of halogens is 3. The summed E-state index contributed by atoms with van der Waals surface area (Å²) in [7, 11) is 0. The van der Waals surface area contributed by atoms with E-state index in [1.165, 1.54) is 12.1 Å². The van der Waals surface area contributed by atoms with E-state index < -0.39 is 5.82 Å². The van der Waals surface area contributed by atoms with Crippen molar-refractivity contribution in [2.24, 2.45) is 5.92 Å². The van der Waals surface area contributed by atoms with Crippen LogP contribution in [0.2, 0.25) is 10.0 Å². The number of rotatable bonds is 5. The van der Waals surface area contributed by atoms with E-state index in [0.717, 1.165) is 12.8 Å². The first-order chi connectivity index (χ1) is 8.90. The molecule has 0 saturated heterocycles. The molecule has 0 aliphatic carbocycles. The highest BCUT2D eigenvalue weighted by atomic mass is 35.5. The second-order valence-corrected chi connectivity index (χ2v) is 5.35. The normalized spacial score (nSPS) is 12.6. The van der Waals surface area contributed by atoms with Crippen LogP contribution in [0.3, 0.4) is 0 Å². The lowest BCUT2D eigenvalue weighted by Gasteiger charge is -2.19. The maximum atomic E-state index is 13.4. The molecule has 0 spiro atoms. The van der Waals surface area contributed by atoms with Gasteiger partial charge >= 0.3 is 0 Å². The van der Waals surface area contributed by atoms with Crippen LogP contribution in [0, 0.1) is 11.7 Å². The number of hydrogen-bond donors (Lipinski definition) is 1. The highest BCUT2D eigenvalue weighted by molar-refractivity contribution is 6.35. The fourth-order valence-electron chi connectivity index (χ4n) is 1.94. The molecule has 1 aromatic rings. The Labute approximate surface area is 123 Å². The van der Waals surface area contributed by atoms with Gasteiger partial charge in [0, 0.05) is 10.9 Å². The van der Waals surface area contributed by atoms with Gasteiger partial charge in [0.1, 0.15) is 5.82 Å². The van der Waals surface area contributed by atoms with Gasteiger partial charge in [0.25, 0.3) is 0 Å². The van der Waals surface area contributed by atoms with Crippen LogP contribution in [0.5, 0.6) is 0 Å². The van der Waals surface area contributed by atoms with Crippen LogP contribution in [0.25, 0.3) is 0 Å². The second-order valence-electron chi connectivity index (χ2n) is 4.53. The SMILES string of the molecule is CCC(CC)C(=O)NC(C)c1cc(F)c(Cl)cc1Cl. The fourth-order valence-corrected chi connectivity index (χ4v) is 2.49. The quantitative estimate of drug-likeness (QED) is 0.782. The first-order valence-corrected chi connectivity index (χ1v) is 7.11. The zero-order chi connectivity index (χ0) is 14.6. The third kappa shape index (κ3) is 4.08. The summed E-state index contributed by atoms with van der Waals surface area (Å²) in [5, 5.41) is 3.18. The van der Waals surface area contributed by atoms with Gasteiger partial charge in [0.15, 0.2) is 0 Å². The molecule has 0 aliphatic heterocycles. The van der Waals surface area contributed by atoms with Crippen molar-refractivity contribution in [2.45, 2.75) is 39.7 Å². The van der Waals surface area contributed by atoms with E-state index in [-0.39, 0.29) is 22.9 Å². The van der Waals surface area contributed by atoms with E-state index >= 15 is 0 Å². The zero-order valence-corrected chi connectivity index (χ0v) is 12.8. The van der Waals surface area contributed by atoms with Gasteiger partial charge in [-0.05, 0) is 37.5 Å². The van der Waals surface area contributed by atoms with Gasteiger partial charge in [-0.15, -0.1) is 0 Å². The van der Waals surface area contributed by atoms with E-state index in [0.29, 0.717) is 10.6 Å². The van der Waals surface area contributed by atoms with Crippen LogP contribution >= 0.6 is 23.2 Å². The molecule has 1 amide bonds. The Bertz CT molecular complexity index is 461. The van der Waals surface area contributed by atoms with Gasteiger partial charge in [0.2, 0.25) is 5.91 Å². The Hall–Kier alpha value is -0.800. The highest BCUT2D eigenvalue weighted by Gasteiger charge is 2.19. The first-order valence-electron chi connectivity index (χ1n) is 6.35. The molecule has 0 aliphatic rings. The molecule has 0 bridgehead atoms. The lowest BCUT2D eigenvalue weighted by Crippen LogP contribution is -2.32. The highest BCUT2D eigenvalue weighted by Crippen LogP contribution is 2.28. The van der Waals surface area contributed by atoms with Crippen LogP contribution in [-0.4, -0.2) is 5.91 Å². The number of carbonyl (C=O) groups excluding carboxylic acids is 1. The Kier molecular flexibility index (Phi) is 6.08. The average molecular weight is 306 g/mol. The molecule has 1 N–H and O–H groups in total. The van der Waals surface area contributed by atoms with E-state index in [9.17, 15) is 9.18 Å². The number of carbonyl (C=O) groups is 1. The molecule has 1 atom stereocenters. The minimum Gasteiger partial charge on any atom is -0.349 e. The third-order valence-electron chi connectivity index (χ3n) is 3.22. The Balaban J connectivity index is 2.86. The van der Waals surface area contributed by atoms with Gasteiger partial charge in [-0.3, -0.25) is 4.79 Å². The lowest BCUT2D eigenvalue weighted by molar-refractivity contribution is -0.125. The molecule has 0 aromatic heterocycles. The van der Waals surface area contributed by atoms with Crippen molar-refractivity contribution in [2.75, 3.05) is 0 Å². The molecule has 0 heterocycles. The lowest BCUT2D eigenvalue weighted by atomic mass is 10.0. The maximum Gasteiger partial charge on any atom is 0.223 e. The molecule has 0 radical (unpaired) electrons. The summed E-state index contributed by atoms with van der Waals surface area (Å²) in [5.74, 6) is -0.605. The predicted molar refractivity (Wildman–Crippen MR) is 77.0 cm³/mol. The Morgan fingerprint density at radius 2 is 1.84 bits per heavy atom. The Morgan fingerprint density at radius 1 is 1.26 bits per heavy atom. The van der Waals surface area contributed by atoms with Crippen LogP contribution in [0.4, 0.5) is 4.39 Å². The largest absolute Gasteiger partial charge is 0.349 e. The van der Waals surface area contributed by atoms with Crippen LogP contribution in [0.15, 0.2) is 12.1 Å². The van der Waals surface area contributed by atoms with Crippen LogP contribution in [0.1, 0.15) is 45.2 Å². The van der Waals surface area contributed by atoms with Crippen molar-refractivity contribution in [1.29, 1.82) is 0 Å². The number of nitrogens with one attached hydrogen (secondary N) is 1. The molecule has 19 heavy (non-hydrogen) atoms. The molecule has 106 valence electrons. The molecule has 1 rings (SSSR count). The van der Waals surface area contributed by atoms with Gasteiger partial charge in [-0.25, -0.2) is 4.39 Å². The van der Waals surface area contributed by atoms with E-state index in [1.807, 2.05) is 13.8 Å². The summed E-state index contributed by atoms with van der Waals surface area (Å²) in [6.45, 7) is 5.70. The molecule has 0 saturated carbocycles. The Morgan fingerprint density at radius 3 is 2.37 bits per heavy atom. The molecule has 0 fully saturated rings. The smallest absolute Gasteiger partial charge is 0.223 e. The van der Waals surface area contributed by atoms with E-state index in [1.54, 1.807) is 6.92 Å². The summed E-state index contributed by atoms with van der Waals surface area (Å²) in [6, 6.07) is 2.27. The molecule has 1 unspecified atom stereocenters. The summed E-state index contributed by atoms with van der Waals surface area (Å²) >= 11 is 11.7. The zero-order valence-electron chi connectivity index (χ0n) is 11.3. The van der Waals surface area contributed by atoms with Crippen molar-refractivity contribution in [3.63, 3.8) is 0 Å². The third-order valence-corrected chi connectivity index (χ3v) is 3.84. The number of benzene rings is 1. The fraction of sp³-hybridized carbons (Fsp3) is 0.500. The summed E-state index contributed by atoms with van der Waals surface area (Å²) in [5.41, 5.74) is 0.530. The molecular formula is C14H18Cl2FNO. The monoisotopic (exact) mass is 305 g/mol. The van der Waals surface area contributed by atoms with Gasteiger partial charge in [0.05, 0.1) is 11.1 Å². The van der Waals surface area contributed by atoms with Crippen molar-refractivity contribution >= 4 is 29.1 Å². The first kappa shape index (κ1) is 16.3. The summed E-state index contributed by atoms with van der Waals surface area (Å²) in [4.78, 5) is 12.0.